The zero-order valence-corrected chi connectivity index (χ0v) is 16.2. The van der Waals surface area contributed by atoms with Gasteiger partial charge in [-0.3, -0.25) is 14.5 Å². The van der Waals surface area contributed by atoms with Crippen LogP contribution in [0.15, 0.2) is 47.4 Å². The van der Waals surface area contributed by atoms with Gasteiger partial charge in [-0.25, -0.2) is 0 Å². The molecule has 130 valence electrons. The SMILES string of the molecule is Cc1ccc(N2C(=O)/C(=C3\C(=O)N(C)c4ccccc43)SC2=S)c(C)c1. The Balaban J connectivity index is 1.86. The van der Waals surface area contributed by atoms with Crippen molar-refractivity contribution in [2.24, 2.45) is 0 Å². The molecule has 0 aromatic heterocycles. The van der Waals surface area contributed by atoms with Crippen molar-refractivity contribution in [3.05, 3.63) is 64.1 Å². The summed E-state index contributed by atoms with van der Waals surface area (Å²) >= 11 is 6.68. The lowest BCUT2D eigenvalue weighted by molar-refractivity contribution is -0.115. The number of anilines is 2. The molecule has 1 saturated heterocycles. The van der Waals surface area contributed by atoms with Crippen LogP contribution in [0.25, 0.3) is 5.57 Å². The lowest BCUT2D eigenvalue weighted by Gasteiger charge is -2.17. The highest BCUT2D eigenvalue weighted by Gasteiger charge is 2.41. The van der Waals surface area contributed by atoms with Crippen molar-refractivity contribution in [3.8, 4) is 0 Å². The molecular weight excluding hydrogens is 364 g/mol. The summed E-state index contributed by atoms with van der Waals surface area (Å²) < 4.78 is 0.448. The summed E-state index contributed by atoms with van der Waals surface area (Å²) in [7, 11) is 1.72. The average molecular weight is 380 g/mol. The fourth-order valence-electron chi connectivity index (χ4n) is 3.37. The number of aryl methyl sites for hydroxylation is 2. The molecule has 0 N–H and O–H groups in total. The topological polar surface area (TPSA) is 40.6 Å². The molecule has 0 atom stereocenters. The molecular formula is C20H16N2O2S2. The smallest absolute Gasteiger partial charge is 0.271 e. The van der Waals surface area contributed by atoms with Crippen molar-refractivity contribution < 1.29 is 9.59 Å². The van der Waals surface area contributed by atoms with Crippen molar-refractivity contribution in [1.29, 1.82) is 0 Å². The van der Waals surface area contributed by atoms with Gasteiger partial charge < -0.3 is 4.90 Å². The van der Waals surface area contributed by atoms with Crippen LogP contribution in [0.3, 0.4) is 0 Å². The Morgan fingerprint density at radius 3 is 2.42 bits per heavy atom. The molecule has 2 aromatic rings. The highest BCUT2D eigenvalue weighted by atomic mass is 32.2. The summed E-state index contributed by atoms with van der Waals surface area (Å²) in [6.07, 6.45) is 0. The molecule has 26 heavy (non-hydrogen) atoms. The molecule has 1 fully saturated rings. The number of para-hydroxylation sites is 1. The second-order valence-electron chi connectivity index (χ2n) is 6.38. The molecule has 2 aliphatic heterocycles. The van der Waals surface area contributed by atoms with Gasteiger partial charge in [0.1, 0.15) is 0 Å². The van der Waals surface area contributed by atoms with Gasteiger partial charge in [0.2, 0.25) is 0 Å². The Morgan fingerprint density at radius 2 is 1.69 bits per heavy atom. The van der Waals surface area contributed by atoms with Crippen LogP contribution >= 0.6 is 24.0 Å². The Morgan fingerprint density at radius 1 is 0.962 bits per heavy atom. The Hall–Kier alpha value is -2.44. The number of thioether (sulfide) groups is 1. The largest absolute Gasteiger partial charge is 0.311 e. The van der Waals surface area contributed by atoms with Gasteiger partial charge in [-0.15, -0.1) is 0 Å². The van der Waals surface area contributed by atoms with Gasteiger partial charge in [0.15, 0.2) is 4.32 Å². The summed E-state index contributed by atoms with van der Waals surface area (Å²) in [6.45, 7) is 3.96. The van der Waals surface area contributed by atoms with Gasteiger partial charge in [0, 0.05) is 12.6 Å². The predicted octanol–water partition coefficient (Wildman–Crippen LogP) is 4.06. The number of benzene rings is 2. The van der Waals surface area contributed by atoms with Crippen LogP contribution < -0.4 is 9.80 Å². The minimum atomic E-state index is -0.236. The van der Waals surface area contributed by atoms with E-state index in [1.807, 2.05) is 56.3 Å². The molecule has 0 saturated carbocycles. The van der Waals surface area contributed by atoms with Crippen LogP contribution in [-0.2, 0) is 9.59 Å². The number of likely N-dealkylation sites (N-methyl/N-ethyl adjacent to an activating group) is 1. The van der Waals surface area contributed by atoms with E-state index in [1.165, 1.54) is 16.7 Å². The molecule has 0 spiro atoms. The number of hydrogen-bond donors (Lipinski definition) is 0. The first-order valence-corrected chi connectivity index (χ1v) is 9.38. The fourth-order valence-corrected chi connectivity index (χ4v) is 4.73. The van der Waals surface area contributed by atoms with E-state index in [4.69, 9.17) is 12.2 Å². The second-order valence-corrected chi connectivity index (χ2v) is 8.03. The summed E-state index contributed by atoms with van der Waals surface area (Å²) in [5.41, 5.74) is 4.89. The molecule has 0 bridgehead atoms. The number of fused-ring (bicyclic) bond motifs is 1. The third kappa shape index (κ3) is 2.40. The van der Waals surface area contributed by atoms with E-state index < -0.39 is 0 Å². The van der Waals surface area contributed by atoms with E-state index in [0.29, 0.717) is 14.8 Å². The molecule has 4 nitrogen and oxygen atoms in total. The summed E-state index contributed by atoms with van der Waals surface area (Å²) in [5.74, 6) is -0.410. The Bertz CT molecular complexity index is 1030. The summed E-state index contributed by atoms with van der Waals surface area (Å²) in [6, 6.07) is 13.4. The van der Waals surface area contributed by atoms with Crippen LogP contribution in [0.2, 0.25) is 0 Å². The van der Waals surface area contributed by atoms with Gasteiger partial charge in [-0.1, -0.05) is 59.9 Å². The summed E-state index contributed by atoms with van der Waals surface area (Å²) in [4.78, 5) is 29.5. The summed E-state index contributed by atoms with van der Waals surface area (Å²) in [5, 5.41) is 0. The third-order valence-corrected chi connectivity index (χ3v) is 6.02. The Kier molecular flexibility index (Phi) is 3.97. The van der Waals surface area contributed by atoms with E-state index in [9.17, 15) is 9.59 Å². The molecule has 6 heteroatoms. The van der Waals surface area contributed by atoms with Gasteiger partial charge in [0.05, 0.1) is 21.9 Å². The van der Waals surface area contributed by atoms with E-state index in [0.717, 1.165) is 28.1 Å². The van der Waals surface area contributed by atoms with Gasteiger partial charge in [0.25, 0.3) is 11.8 Å². The van der Waals surface area contributed by atoms with Crippen molar-refractivity contribution in [1.82, 2.24) is 0 Å². The van der Waals surface area contributed by atoms with Crippen LogP contribution in [-0.4, -0.2) is 23.2 Å². The van der Waals surface area contributed by atoms with E-state index in [-0.39, 0.29) is 11.8 Å². The molecule has 2 aliphatic rings. The van der Waals surface area contributed by atoms with Crippen LogP contribution in [0.1, 0.15) is 16.7 Å². The number of nitrogens with zero attached hydrogens (tertiary/aromatic N) is 2. The number of carbonyl (C=O) groups is 2. The Labute approximate surface area is 161 Å². The fraction of sp³-hybridized carbons (Fsp3) is 0.150. The van der Waals surface area contributed by atoms with Gasteiger partial charge in [-0.05, 0) is 31.5 Å². The van der Waals surface area contributed by atoms with Crippen LogP contribution in [0.4, 0.5) is 11.4 Å². The van der Waals surface area contributed by atoms with Gasteiger partial charge in [-0.2, -0.15) is 0 Å². The van der Waals surface area contributed by atoms with Crippen LogP contribution in [0.5, 0.6) is 0 Å². The zero-order chi connectivity index (χ0) is 18.6. The van der Waals surface area contributed by atoms with Crippen molar-refractivity contribution >= 4 is 57.1 Å². The van der Waals surface area contributed by atoms with Gasteiger partial charge >= 0.3 is 0 Å². The lowest BCUT2D eigenvalue weighted by atomic mass is 10.1. The van der Waals surface area contributed by atoms with Crippen molar-refractivity contribution in [2.75, 3.05) is 16.8 Å². The first-order chi connectivity index (χ1) is 12.4. The number of carbonyl (C=O) groups excluding carboxylic acids is 2. The maximum absolute atomic E-state index is 13.2. The molecule has 2 heterocycles. The quantitative estimate of drug-likeness (QED) is 0.553. The monoisotopic (exact) mass is 380 g/mol. The molecule has 0 unspecified atom stereocenters. The first-order valence-electron chi connectivity index (χ1n) is 8.15. The first kappa shape index (κ1) is 17.0. The van der Waals surface area contributed by atoms with Crippen molar-refractivity contribution in [2.45, 2.75) is 13.8 Å². The standard InChI is InChI=1S/C20H16N2O2S2/c1-11-8-9-14(12(2)10-11)22-19(24)17(26-20(22)25)16-13-6-4-5-7-15(13)21(3)18(16)23/h4-10H,1-3H3/b17-16+. The zero-order valence-electron chi connectivity index (χ0n) is 14.6. The minimum absolute atomic E-state index is 0.174. The molecule has 2 amide bonds. The number of thiocarbonyl (C=S) groups is 1. The minimum Gasteiger partial charge on any atom is -0.311 e. The van der Waals surface area contributed by atoms with E-state index >= 15 is 0 Å². The highest BCUT2D eigenvalue weighted by molar-refractivity contribution is 8.27. The third-order valence-electron chi connectivity index (χ3n) is 4.64. The van der Waals surface area contributed by atoms with Crippen LogP contribution in [0, 0.1) is 13.8 Å². The predicted molar refractivity (Wildman–Crippen MR) is 110 cm³/mol. The maximum Gasteiger partial charge on any atom is 0.271 e. The normalized spacial score (nSPS) is 19.6. The highest BCUT2D eigenvalue weighted by Crippen LogP contribution is 2.45. The molecule has 0 aliphatic carbocycles. The maximum atomic E-state index is 13.2. The molecule has 2 aromatic carbocycles. The number of hydrogen-bond acceptors (Lipinski definition) is 4. The van der Waals surface area contributed by atoms with E-state index in [1.54, 1.807) is 11.9 Å². The molecule has 4 rings (SSSR count). The van der Waals surface area contributed by atoms with Crippen molar-refractivity contribution in [3.63, 3.8) is 0 Å². The number of rotatable bonds is 1. The van der Waals surface area contributed by atoms with E-state index in [2.05, 4.69) is 0 Å². The molecule has 0 radical (unpaired) electrons. The number of amides is 2. The second kappa shape index (κ2) is 6.07. The lowest BCUT2D eigenvalue weighted by Crippen LogP contribution is -2.29. The average Bonchev–Trinajstić information content (AvgIpc) is 3.03.